The van der Waals surface area contributed by atoms with Gasteiger partial charge in [0.05, 0.1) is 13.1 Å². The van der Waals surface area contributed by atoms with Gasteiger partial charge in [0.25, 0.3) is 5.91 Å². The van der Waals surface area contributed by atoms with Crippen molar-refractivity contribution in [3.05, 3.63) is 64.7 Å². The van der Waals surface area contributed by atoms with E-state index in [4.69, 9.17) is 0 Å². The molecule has 0 aromatic heterocycles. The average molecular weight is 423 g/mol. The molecule has 1 heterocycles. The largest absolute Gasteiger partial charge is 0.343 e. The highest BCUT2D eigenvalue weighted by molar-refractivity contribution is 5.96. The Labute approximate surface area is 183 Å². The van der Waals surface area contributed by atoms with Gasteiger partial charge in [-0.1, -0.05) is 35.9 Å². The van der Waals surface area contributed by atoms with Crippen molar-refractivity contribution in [3.8, 4) is 0 Å². The second kappa shape index (κ2) is 10.2. The summed E-state index contributed by atoms with van der Waals surface area (Å²) in [5, 5.41) is 5.70. The first-order valence-corrected chi connectivity index (χ1v) is 10.5. The molecule has 1 saturated heterocycles. The molecule has 1 aliphatic rings. The van der Waals surface area contributed by atoms with Crippen molar-refractivity contribution >= 4 is 23.4 Å². The van der Waals surface area contributed by atoms with E-state index in [0.29, 0.717) is 38.3 Å². The minimum absolute atomic E-state index is 0.0280. The average Bonchev–Trinajstić information content (AvgIpc) is 2.75. The van der Waals surface area contributed by atoms with Crippen LogP contribution in [0.3, 0.4) is 0 Å². The van der Waals surface area contributed by atoms with Gasteiger partial charge in [0.15, 0.2) is 0 Å². The maximum Gasteiger partial charge on any atom is 0.251 e. The number of carbonyl (C=O) groups is 3. The Morgan fingerprint density at radius 1 is 0.903 bits per heavy atom. The van der Waals surface area contributed by atoms with Crippen LogP contribution in [0.5, 0.6) is 0 Å². The zero-order valence-corrected chi connectivity index (χ0v) is 18.4. The summed E-state index contributed by atoms with van der Waals surface area (Å²) < 4.78 is 0. The molecule has 0 radical (unpaired) electrons. The Balaban J connectivity index is 1.42. The lowest BCUT2D eigenvalue weighted by molar-refractivity contribution is -0.132. The molecule has 1 aliphatic heterocycles. The van der Waals surface area contributed by atoms with E-state index in [-0.39, 0.29) is 24.3 Å². The van der Waals surface area contributed by atoms with Crippen molar-refractivity contribution < 1.29 is 14.4 Å². The van der Waals surface area contributed by atoms with Gasteiger partial charge >= 0.3 is 0 Å². The lowest BCUT2D eigenvalue weighted by Gasteiger charge is -2.34. The van der Waals surface area contributed by atoms with Gasteiger partial charge in [-0.15, -0.1) is 0 Å². The second-order valence-electron chi connectivity index (χ2n) is 8.02. The molecule has 2 N–H and O–H groups in total. The predicted octanol–water partition coefficient (Wildman–Crippen LogP) is 2.12. The molecule has 2 aromatic rings. The molecule has 3 amide bonds. The van der Waals surface area contributed by atoms with E-state index in [0.717, 1.165) is 22.4 Å². The van der Waals surface area contributed by atoms with Crippen LogP contribution in [0.1, 0.15) is 27.0 Å². The van der Waals surface area contributed by atoms with Crippen LogP contribution in [0.4, 0.5) is 5.69 Å². The first-order chi connectivity index (χ1) is 14.8. The molecule has 0 spiro atoms. The van der Waals surface area contributed by atoms with E-state index in [1.165, 1.54) is 0 Å². The topological polar surface area (TPSA) is 81.8 Å². The lowest BCUT2D eigenvalue weighted by atomic mass is 10.1. The van der Waals surface area contributed by atoms with E-state index in [2.05, 4.69) is 10.6 Å². The molecule has 0 aliphatic carbocycles. The molecule has 1 fully saturated rings. The highest BCUT2D eigenvalue weighted by Gasteiger charge is 2.23. The molecule has 0 unspecified atom stereocenters. The van der Waals surface area contributed by atoms with E-state index in [1.54, 1.807) is 17.0 Å². The van der Waals surface area contributed by atoms with Crippen LogP contribution >= 0.6 is 0 Å². The Bertz CT molecular complexity index is 945. The third kappa shape index (κ3) is 6.15. The van der Waals surface area contributed by atoms with E-state index in [1.807, 2.05) is 56.0 Å². The zero-order chi connectivity index (χ0) is 22.4. The van der Waals surface area contributed by atoms with E-state index in [9.17, 15) is 14.4 Å². The molecular formula is C24H30N4O3. The molecular weight excluding hydrogens is 392 g/mol. The Hall–Kier alpha value is -3.19. The maximum atomic E-state index is 12.5. The fourth-order valence-electron chi connectivity index (χ4n) is 3.71. The van der Waals surface area contributed by atoms with Gasteiger partial charge < -0.3 is 15.5 Å². The number of rotatable bonds is 6. The van der Waals surface area contributed by atoms with Gasteiger partial charge in [0, 0.05) is 37.4 Å². The van der Waals surface area contributed by atoms with Crippen LogP contribution in [0.15, 0.2) is 42.5 Å². The number of anilines is 1. The molecule has 0 saturated carbocycles. The van der Waals surface area contributed by atoms with Crippen LogP contribution in [-0.4, -0.2) is 66.8 Å². The Kier molecular flexibility index (Phi) is 7.41. The first kappa shape index (κ1) is 22.5. The Morgan fingerprint density at radius 2 is 1.55 bits per heavy atom. The first-order valence-electron chi connectivity index (χ1n) is 10.5. The number of carbonyl (C=O) groups excluding carboxylic acids is 3. The van der Waals surface area contributed by atoms with Crippen molar-refractivity contribution in [2.24, 2.45) is 0 Å². The fraction of sp³-hybridized carbons (Fsp3) is 0.375. The van der Waals surface area contributed by atoms with Crippen LogP contribution in [-0.2, 0) is 9.59 Å². The third-order valence-electron chi connectivity index (χ3n) is 5.52. The number of nitrogens with zero attached hydrogens (tertiary/aromatic N) is 2. The normalized spacial score (nSPS) is 14.2. The highest BCUT2D eigenvalue weighted by Crippen LogP contribution is 2.19. The smallest absolute Gasteiger partial charge is 0.251 e. The van der Waals surface area contributed by atoms with Crippen molar-refractivity contribution in [2.45, 2.75) is 20.8 Å². The molecule has 164 valence electrons. The predicted molar refractivity (Wildman–Crippen MR) is 121 cm³/mol. The minimum atomic E-state index is -0.251. The fourth-order valence-corrected chi connectivity index (χ4v) is 3.71. The zero-order valence-electron chi connectivity index (χ0n) is 18.4. The van der Waals surface area contributed by atoms with Gasteiger partial charge in [-0.2, -0.15) is 0 Å². The third-order valence-corrected chi connectivity index (χ3v) is 5.52. The summed E-state index contributed by atoms with van der Waals surface area (Å²) in [7, 11) is 0. The molecule has 7 nitrogen and oxygen atoms in total. The van der Waals surface area contributed by atoms with Crippen molar-refractivity contribution in [1.29, 1.82) is 0 Å². The van der Waals surface area contributed by atoms with Gasteiger partial charge in [-0.3, -0.25) is 19.3 Å². The number of amides is 3. The van der Waals surface area contributed by atoms with Crippen molar-refractivity contribution in [1.82, 2.24) is 15.1 Å². The Morgan fingerprint density at radius 3 is 2.19 bits per heavy atom. The molecule has 7 heteroatoms. The van der Waals surface area contributed by atoms with Crippen molar-refractivity contribution in [3.63, 3.8) is 0 Å². The number of nitrogens with one attached hydrogen (secondary N) is 2. The van der Waals surface area contributed by atoms with Gasteiger partial charge in [-0.25, -0.2) is 0 Å². The van der Waals surface area contributed by atoms with E-state index >= 15 is 0 Å². The minimum Gasteiger partial charge on any atom is -0.343 e. The standard InChI is InChI=1S/C24H30N4O3/c1-17-6-4-9-20(14-17)24(31)25-15-22(30)28-12-10-27(11-13-28)16-21(29)26-23-18(2)7-5-8-19(23)3/h4-9,14H,10-13,15-16H2,1-3H3,(H,25,31)(H,26,29). The SMILES string of the molecule is Cc1cccc(C(=O)NCC(=O)N2CCN(CC(=O)Nc3c(C)cccc3C)CC2)c1. The van der Waals surface area contributed by atoms with Crippen LogP contribution in [0.2, 0.25) is 0 Å². The number of aryl methyl sites for hydroxylation is 3. The summed E-state index contributed by atoms with van der Waals surface area (Å²) in [5.41, 5.74) is 4.49. The van der Waals surface area contributed by atoms with Crippen molar-refractivity contribution in [2.75, 3.05) is 44.6 Å². The summed E-state index contributed by atoms with van der Waals surface area (Å²) in [6, 6.07) is 13.2. The number of piperazine rings is 1. The molecule has 2 aromatic carbocycles. The van der Waals surface area contributed by atoms with Gasteiger partial charge in [0.1, 0.15) is 0 Å². The number of para-hydroxylation sites is 1. The van der Waals surface area contributed by atoms with Crippen LogP contribution in [0, 0.1) is 20.8 Å². The highest BCUT2D eigenvalue weighted by atomic mass is 16.2. The van der Waals surface area contributed by atoms with Gasteiger partial charge in [-0.05, 0) is 44.0 Å². The van der Waals surface area contributed by atoms with Gasteiger partial charge in [0.2, 0.25) is 11.8 Å². The summed E-state index contributed by atoms with van der Waals surface area (Å²) in [5.74, 6) is -0.415. The second-order valence-corrected chi connectivity index (χ2v) is 8.02. The summed E-state index contributed by atoms with van der Waals surface area (Å²) in [6.45, 7) is 8.46. The molecule has 0 bridgehead atoms. The maximum absolute atomic E-state index is 12.5. The summed E-state index contributed by atoms with van der Waals surface area (Å²) in [4.78, 5) is 40.9. The number of hydrogen-bond acceptors (Lipinski definition) is 4. The monoisotopic (exact) mass is 422 g/mol. The molecule has 3 rings (SSSR count). The summed E-state index contributed by atoms with van der Waals surface area (Å²) >= 11 is 0. The van der Waals surface area contributed by atoms with Crippen LogP contribution < -0.4 is 10.6 Å². The summed E-state index contributed by atoms with van der Waals surface area (Å²) in [6.07, 6.45) is 0. The molecule has 31 heavy (non-hydrogen) atoms. The number of hydrogen-bond donors (Lipinski definition) is 2. The molecule has 0 atom stereocenters. The lowest BCUT2D eigenvalue weighted by Crippen LogP contribution is -2.52. The quantitative estimate of drug-likeness (QED) is 0.747. The number of benzene rings is 2. The van der Waals surface area contributed by atoms with E-state index < -0.39 is 0 Å². The van der Waals surface area contributed by atoms with Crippen LogP contribution in [0.25, 0.3) is 0 Å².